The van der Waals surface area contributed by atoms with Gasteiger partial charge in [-0.3, -0.25) is 4.90 Å². The van der Waals surface area contributed by atoms with Crippen molar-refractivity contribution in [2.45, 2.75) is 13.5 Å². The van der Waals surface area contributed by atoms with Crippen molar-refractivity contribution in [2.24, 2.45) is 10.9 Å². The molecule has 0 aromatic heterocycles. The first kappa shape index (κ1) is 11.5. The highest BCUT2D eigenvalue weighted by molar-refractivity contribution is 5.81. The predicted molar refractivity (Wildman–Crippen MR) is 60.9 cm³/mol. The summed E-state index contributed by atoms with van der Waals surface area (Å²) < 4.78 is 0. The molecular weight excluding hydrogens is 190 g/mol. The maximum Gasteiger partial charge on any atom is 0.153 e. The maximum absolute atomic E-state index is 8.42. The standard InChI is InChI=1S/C11H17N3O/c1-9-3-5-10(6-4-9)7-14(2)8-11(12)13-15/h3-6,15H,7-8H2,1-2H3,(H2,12,13). The zero-order valence-electron chi connectivity index (χ0n) is 9.14. The smallest absolute Gasteiger partial charge is 0.153 e. The van der Waals surface area contributed by atoms with Crippen LogP contribution in [0.3, 0.4) is 0 Å². The average molecular weight is 207 g/mol. The van der Waals surface area contributed by atoms with E-state index in [0.29, 0.717) is 6.54 Å². The number of aryl methyl sites for hydroxylation is 1. The topological polar surface area (TPSA) is 61.8 Å². The van der Waals surface area contributed by atoms with Crippen LogP contribution in [-0.2, 0) is 6.54 Å². The first-order chi connectivity index (χ1) is 7.11. The summed E-state index contributed by atoms with van der Waals surface area (Å²) >= 11 is 0. The molecule has 0 radical (unpaired) electrons. The molecule has 0 aliphatic rings. The number of benzene rings is 1. The van der Waals surface area contributed by atoms with Crippen LogP contribution >= 0.6 is 0 Å². The van der Waals surface area contributed by atoms with E-state index in [1.54, 1.807) is 0 Å². The van der Waals surface area contributed by atoms with E-state index in [1.165, 1.54) is 11.1 Å². The first-order valence-electron chi connectivity index (χ1n) is 4.82. The molecule has 15 heavy (non-hydrogen) atoms. The van der Waals surface area contributed by atoms with Crippen molar-refractivity contribution in [3.05, 3.63) is 35.4 Å². The second-order valence-corrected chi connectivity index (χ2v) is 3.75. The van der Waals surface area contributed by atoms with Crippen LogP contribution in [-0.4, -0.2) is 29.5 Å². The average Bonchev–Trinajstić information content (AvgIpc) is 2.21. The second-order valence-electron chi connectivity index (χ2n) is 3.75. The molecule has 0 fully saturated rings. The second kappa shape index (κ2) is 5.36. The molecular formula is C11H17N3O. The molecule has 3 N–H and O–H groups in total. The Morgan fingerprint density at radius 2 is 2.00 bits per heavy atom. The number of hydrogen-bond acceptors (Lipinski definition) is 3. The fourth-order valence-electron chi connectivity index (χ4n) is 1.37. The number of nitrogens with two attached hydrogens (primary N) is 1. The molecule has 0 aliphatic heterocycles. The fraction of sp³-hybridized carbons (Fsp3) is 0.364. The van der Waals surface area contributed by atoms with Gasteiger partial charge in [-0.15, -0.1) is 0 Å². The van der Waals surface area contributed by atoms with Crippen LogP contribution in [0.15, 0.2) is 29.4 Å². The summed E-state index contributed by atoms with van der Waals surface area (Å²) in [4.78, 5) is 1.99. The van der Waals surface area contributed by atoms with E-state index in [4.69, 9.17) is 10.9 Å². The van der Waals surface area contributed by atoms with Crippen molar-refractivity contribution in [1.82, 2.24) is 4.90 Å². The molecule has 4 nitrogen and oxygen atoms in total. The minimum atomic E-state index is 0.226. The molecule has 1 aromatic rings. The van der Waals surface area contributed by atoms with Crippen LogP contribution in [0.1, 0.15) is 11.1 Å². The van der Waals surface area contributed by atoms with Crippen molar-refractivity contribution >= 4 is 5.84 Å². The number of hydrogen-bond donors (Lipinski definition) is 2. The van der Waals surface area contributed by atoms with Gasteiger partial charge in [-0.25, -0.2) is 0 Å². The third-order valence-corrected chi connectivity index (χ3v) is 2.13. The van der Waals surface area contributed by atoms with Crippen molar-refractivity contribution in [3.8, 4) is 0 Å². The first-order valence-corrected chi connectivity index (χ1v) is 4.82. The van der Waals surface area contributed by atoms with Crippen molar-refractivity contribution in [2.75, 3.05) is 13.6 Å². The Morgan fingerprint density at radius 3 is 2.53 bits per heavy atom. The van der Waals surface area contributed by atoms with E-state index >= 15 is 0 Å². The largest absolute Gasteiger partial charge is 0.409 e. The van der Waals surface area contributed by atoms with Gasteiger partial charge in [0.25, 0.3) is 0 Å². The molecule has 0 unspecified atom stereocenters. The normalized spacial score (nSPS) is 12.1. The highest BCUT2D eigenvalue weighted by Gasteiger charge is 2.02. The maximum atomic E-state index is 8.42. The molecule has 82 valence electrons. The number of nitrogens with zero attached hydrogens (tertiary/aromatic N) is 2. The lowest BCUT2D eigenvalue weighted by Crippen LogP contribution is -2.30. The molecule has 0 aliphatic carbocycles. The zero-order valence-corrected chi connectivity index (χ0v) is 9.14. The molecule has 0 amide bonds. The lowest BCUT2D eigenvalue weighted by Gasteiger charge is -2.15. The SMILES string of the molecule is Cc1ccc(CN(C)CC(N)=NO)cc1. The number of rotatable bonds is 4. The predicted octanol–water partition coefficient (Wildman–Crippen LogP) is 1.17. The summed E-state index contributed by atoms with van der Waals surface area (Å²) in [5.41, 5.74) is 7.87. The fourth-order valence-corrected chi connectivity index (χ4v) is 1.37. The van der Waals surface area contributed by atoms with Crippen LogP contribution in [0, 0.1) is 6.92 Å². The van der Waals surface area contributed by atoms with Gasteiger partial charge < -0.3 is 10.9 Å². The number of likely N-dealkylation sites (N-methyl/N-ethyl adjacent to an activating group) is 1. The Balaban J connectivity index is 2.51. The highest BCUT2D eigenvalue weighted by Crippen LogP contribution is 2.05. The summed E-state index contributed by atoms with van der Waals surface area (Å²) in [6.45, 7) is 3.31. The summed E-state index contributed by atoms with van der Waals surface area (Å²) in [6, 6.07) is 8.32. The Kier molecular flexibility index (Phi) is 4.12. The van der Waals surface area contributed by atoms with E-state index in [1.807, 2.05) is 11.9 Å². The van der Waals surface area contributed by atoms with Gasteiger partial charge in [0, 0.05) is 6.54 Å². The molecule has 1 rings (SSSR count). The van der Waals surface area contributed by atoms with Gasteiger partial charge in [-0.1, -0.05) is 35.0 Å². The molecule has 0 saturated carbocycles. The minimum absolute atomic E-state index is 0.226. The van der Waals surface area contributed by atoms with E-state index in [2.05, 4.69) is 36.3 Å². The molecule has 4 heteroatoms. The van der Waals surface area contributed by atoms with Gasteiger partial charge in [-0.05, 0) is 19.5 Å². The van der Waals surface area contributed by atoms with Gasteiger partial charge in [0.05, 0.1) is 6.54 Å². The monoisotopic (exact) mass is 207 g/mol. The molecule has 1 aromatic carbocycles. The van der Waals surface area contributed by atoms with E-state index in [-0.39, 0.29) is 5.84 Å². The Hall–Kier alpha value is -1.55. The zero-order chi connectivity index (χ0) is 11.3. The summed E-state index contributed by atoms with van der Waals surface area (Å²) in [6.07, 6.45) is 0. The van der Waals surface area contributed by atoms with E-state index in [9.17, 15) is 0 Å². The number of oxime groups is 1. The van der Waals surface area contributed by atoms with Gasteiger partial charge in [-0.2, -0.15) is 0 Å². The third kappa shape index (κ3) is 3.99. The minimum Gasteiger partial charge on any atom is -0.409 e. The van der Waals surface area contributed by atoms with Crippen LogP contribution in [0.5, 0.6) is 0 Å². The molecule has 0 spiro atoms. The lowest BCUT2D eigenvalue weighted by molar-refractivity contribution is 0.308. The van der Waals surface area contributed by atoms with Gasteiger partial charge in [0.15, 0.2) is 5.84 Å². The van der Waals surface area contributed by atoms with Gasteiger partial charge in [0.2, 0.25) is 0 Å². The van der Waals surface area contributed by atoms with E-state index < -0.39 is 0 Å². The Bertz CT molecular complexity index is 332. The summed E-state index contributed by atoms with van der Waals surface area (Å²) in [7, 11) is 1.93. The van der Waals surface area contributed by atoms with Crippen LogP contribution in [0.25, 0.3) is 0 Å². The van der Waals surface area contributed by atoms with Crippen molar-refractivity contribution < 1.29 is 5.21 Å². The van der Waals surface area contributed by atoms with Crippen molar-refractivity contribution in [1.29, 1.82) is 0 Å². The van der Waals surface area contributed by atoms with Crippen molar-refractivity contribution in [3.63, 3.8) is 0 Å². The lowest BCUT2D eigenvalue weighted by atomic mass is 10.1. The molecule has 0 bridgehead atoms. The molecule has 0 saturated heterocycles. The molecule has 0 atom stereocenters. The Labute approximate surface area is 90.0 Å². The van der Waals surface area contributed by atoms with E-state index in [0.717, 1.165) is 6.54 Å². The van der Waals surface area contributed by atoms with Crippen LogP contribution < -0.4 is 5.73 Å². The summed E-state index contributed by atoms with van der Waals surface area (Å²) in [5, 5.41) is 11.4. The number of amidine groups is 1. The van der Waals surface area contributed by atoms with Crippen LogP contribution in [0.2, 0.25) is 0 Å². The van der Waals surface area contributed by atoms with Crippen LogP contribution in [0.4, 0.5) is 0 Å². The Morgan fingerprint density at radius 1 is 1.40 bits per heavy atom. The summed E-state index contributed by atoms with van der Waals surface area (Å²) in [5.74, 6) is 0.226. The quantitative estimate of drug-likeness (QED) is 0.337. The third-order valence-electron chi connectivity index (χ3n) is 2.13. The molecule has 0 heterocycles. The van der Waals surface area contributed by atoms with Gasteiger partial charge in [0.1, 0.15) is 0 Å². The highest BCUT2D eigenvalue weighted by atomic mass is 16.4. The van der Waals surface area contributed by atoms with Gasteiger partial charge >= 0.3 is 0 Å².